The molecule has 0 bridgehead atoms. The van der Waals surface area contributed by atoms with Crippen molar-refractivity contribution in [3.05, 3.63) is 10.1 Å². The van der Waals surface area contributed by atoms with Crippen LogP contribution in [0.4, 0.5) is 13.2 Å². The van der Waals surface area contributed by atoms with Crippen molar-refractivity contribution in [2.75, 3.05) is 0 Å². The van der Waals surface area contributed by atoms with Crippen LogP contribution in [-0.2, 0) is 0 Å². The van der Waals surface area contributed by atoms with E-state index in [1.807, 2.05) is 0 Å². The number of hydrogen-bond donors (Lipinski definition) is 3. The van der Waals surface area contributed by atoms with Crippen LogP contribution in [0.25, 0.3) is 0 Å². The van der Waals surface area contributed by atoms with E-state index in [4.69, 9.17) is 5.41 Å². The van der Waals surface area contributed by atoms with E-state index in [-0.39, 0.29) is 0 Å². The molecule has 0 amide bonds. The molecular weight excluding hydrogens is 209 g/mol. The summed E-state index contributed by atoms with van der Waals surface area (Å²) in [4.78, 5) is 8.76. The first-order valence-corrected chi connectivity index (χ1v) is 2.85. The standard InChI is InChI=1S/C3H5F3N6O2/c4-3(5,6)11(1(7)8)2(9)10-12(13)14/h(H3,7,8)(H2,9,10). The van der Waals surface area contributed by atoms with E-state index in [1.54, 1.807) is 0 Å². The number of halogens is 3. The van der Waals surface area contributed by atoms with E-state index in [1.165, 1.54) is 0 Å². The molecule has 0 aromatic rings. The van der Waals surface area contributed by atoms with Crippen molar-refractivity contribution in [1.82, 2.24) is 4.90 Å². The summed E-state index contributed by atoms with van der Waals surface area (Å²) < 4.78 is 36.0. The van der Waals surface area contributed by atoms with Crippen LogP contribution < -0.4 is 11.5 Å². The normalized spacial score (nSPS) is 12.4. The minimum absolute atomic E-state index is 0.935. The number of guanidine groups is 2. The molecule has 14 heavy (non-hydrogen) atoms. The van der Waals surface area contributed by atoms with Crippen molar-refractivity contribution in [3.8, 4) is 0 Å². The second-order valence-electron chi connectivity index (χ2n) is 1.88. The molecule has 0 atom stereocenters. The summed E-state index contributed by atoms with van der Waals surface area (Å²) in [5.41, 5.74) is 9.10. The topological polar surface area (TPSA) is 135 Å². The minimum atomic E-state index is -5.13. The van der Waals surface area contributed by atoms with Gasteiger partial charge in [-0.25, -0.2) is 10.1 Å². The summed E-state index contributed by atoms with van der Waals surface area (Å²) in [5.74, 6) is -3.05. The Morgan fingerprint density at radius 3 is 2.14 bits per heavy atom. The van der Waals surface area contributed by atoms with Crippen LogP contribution in [0.5, 0.6) is 0 Å². The molecule has 0 spiro atoms. The third-order valence-corrected chi connectivity index (χ3v) is 0.908. The number of nitrogens with one attached hydrogen (secondary N) is 1. The largest absolute Gasteiger partial charge is 0.494 e. The van der Waals surface area contributed by atoms with Gasteiger partial charge >= 0.3 is 6.30 Å². The average molecular weight is 214 g/mol. The lowest BCUT2D eigenvalue weighted by atomic mass is 10.7. The first kappa shape index (κ1) is 11.9. The van der Waals surface area contributed by atoms with Crippen molar-refractivity contribution in [1.29, 1.82) is 5.41 Å². The predicted octanol–water partition coefficient (Wildman–Crippen LogP) is -0.792. The highest BCUT2D eigenvalue weighted by atomic mass is 19.4. The average Bonchev–Trinajstić information content (AvgIpc) is 1.78. The molecule has 0 aliphatic heterocycles. The minimum Gasteiger partial charge on any atom is -0.369 e. The second kappa shape index (κ2) is 3.76. The first-order valence-electron chi connectivity index (χ1n) is 2.85. The smallest absolute Gasteiger partial charge is 0.369 e. The molecular formula is C3H5F3N6O2. The maximum absolute atomic E-state index is 12.0. The lowest BCUT2D eigenvalue weighted by Crippen LogP contribution is -2.53. The van der Waals surface area contributed by atoms with Gasteiger partial charge in [0, 0.05) is 0 Å². The fraction of sp³-hybridized carbons (Fsp3) is 0.333. The lowest BCUT2D eigenvalue weighted by molar-refractivity contribution is -0.486. The maximum Gasteiger partial charge on any atom is 0.494 e. The third-order valence-electron chi connectivity index (χ3n) is 0.908. The monoisotopic (exact) mass is 214 g/mol. The van der Waals surface area contributed by atoms with Gasteiger partial charge in [-0.2, -0.15) is 4.90 Å². The molecule has 0 aromatic heterocycles. The second-order valence-corrected chi connectivity index (χ2v) is 1.88. The van der Waals surface area contributed by atoms with E-state index >= 15 is 0 Å². The quantitative estimate of drug-likeness (QED) is 0.173. The van der Waals surface area contributed by atoms with E-state index < -0.39 is 28.2 Å². The van der Waals surface area contributed by atoms with Gasteiger partial charge in [0.05, 0.1) is 0 Å². The number of hydrazone groups is 1. The van der Waals surface area contributed by atoms with E-state index in [0.29, 0.717) is 0 Å². The predicted molar refractivity (Wildman–Crippen MR) is 38.4 cm³/mol. The Morgan fingerprint density at radius 1 is 1.50 bits per heavy atom. The summed E-state index contributed by atoms with van der Waals surface area (Å²) in [6, 6.07) is 0. The Kier molecular flexibility index (Phi) is 3.20. The molecule has 0 unspecified atom stereocenters. The highest BCUT2D eigenvalue weighted by molar-refractivity contribution is 5.95. The van der Waals surface area contributed by atoms with Crippen LogP contribution in [-0.4, -0.2) is 28.2 Å². The van der Waals surface area contributed by atoms with Crippen LogP contribution in [0.1, 0.15) is 0 Å². The molecule has 8 nitrogen and oxygen atoms in total. The molecule has 5 N–H and O–H groups in total. The summed E-state index contributed by atoms with van der Waals surface area (Å²) in [6.07, 6.45) is -5.13. The number of alkyl halides is 3. The first-order chi connectivity index (χ1) is 6.16. The van der Waals surface area contributed by atoms with Gasteiger partial charge in [-0.3, -0.25) is 5.41 Å². The van der Waals surface area contributed by atoms with Crippen LogP contribution in [0, 0.1) is 15.5 Å². The molecule has 0 heterocycles. The summed E-state index contributed by atoms with van der Waals surface area (Å²) >= 11 is 0. The van der Waals surface area contributed by atoms with Gasteiger partial charge in [0.2, 0.25) is 5.96 Å². The van der Waals surface area contributed by atoms with Crippen molar-refractivity contribution in [3.63, 3.8) is 0 Å². The Balaban J connectivity index is 5.05. The molecule has 0 saturated heterocycles. The number of rotatable bonds is 1. The molecule has 0 aliphatic rings. The van der Waals surface area contributed by atoms with Crippen molar-refractivity contribution in [2.24, 2.45) is 16.6 Å². The van der Waals surface area contributed by atoms with Crippen LogP contribution >= 0.6 is 0 Å². The Labute approximate surface area is 74.6 Å². The fourth-order valence-electron chi connectivity index (χ4n) is 0.518. The van der Waals surface area contributed by atoms with Gasteiger partial charge in [0.1, 0.15) is 5.10 Å². The molecule has 11 heteroatoms. The van der Waals surface area contributed by atoms with Crippen LogP contribution in [0.15, 0.2) is 5.10 Å². The summed E-state index contributed by atoms with van der Waals surface area (Å²) in [5, 5.41) is 16.9. The van der Waals surface area contributed by atoms with Gasteiger partial charge < -0.3 is 11.5 Å². The van der Waals surface area contributed by atoms with E-state index in [0.717, 1.165) is 0 Å². The van der Waals surface area contributed by atoms with Crippen LogP contribution in [0.2, 0.25) is 0 Å². The van der Waals surface area contributed by atoms with E-state index in [9.17, 15) is 23.3 Å². The Morgan fingerprint density at radius 2 is 1.93 bits per heavy atom. The maximum atomic E-state index is 12.0. The van der Waals surface area contributed by atoms with Crippen molar-refractivity contribution >= 4 is 11.9 Å². The molecule has 0 saturated carbocycles. The van der Waals surface area contributed by atoms with Gasteiger partial charge in [-0.1, -0.05) is 0 Å². The van der Waals surface area contributed by atoms with Crippen LogP contribution in [0.3, 0.4) is 0 Å². The molecule has 80 valence electrons. The SMILES string of the molecule is N=C(N)N(C(N)=N[N+](=O)[O-])C(F)(F)F. The van der Waals surface area contributed by atoms with Gasteiger partial charge in [-0.05, 0) is 0 Å². The number of nitro groups is 1. The van der Waals surface area contributed by atoms with Crippen molar-refractivity contribution < 1.29 is 18.2 Å². The highest BCUT2D eigenvalue weighted by Crippen LogP contribution is 2.19. The number of nitrogens with two attached hydrogens (primary N) is 2. The third kappa shape index (κ3) is 3.12. The molecule has 0 radical (unpaired) electrons. The van der Waals surface area contributed by atoms with Gasteiger partial charge in [0.15, 0.2) is 5.03 Å². The highest BCUT2D eigenvalue weighted by Gasteiger charge is 2.42. The van der Waals surface area contributed by atoms with E-state index in [2.05, 4.69) is 16.6 Å². The molecule has 0 aliphatic carbocycles. The fourth-order valence-corrected chi connectivity index (χ4v) is 0.518. The van der Waals surface area contributed by atoms with Crippen molar-refractivity contribution in [2.45, 2.75) is 6.30 Å². The van der Waals surface area contributed by atoms with Gasteiger partial charge in [0.25, 0.3) is 5.96 Å². The molecule has 0 aromatic carbocycles. The molecule has 0 rings (SSSR count). The number of nitrogens with zero attached hydrogens (tertiary/aromatic N) is 3. The lowest BCUT2D eigenvalue weighted by Gasteiger charge is -2.21. The zero-order valence-corrected chi connectivity index (χ0v) is 6.45. The number of hydrogen-bond acceptors (Lipinski definition) is 3. The Bertz CT molecular complexity index is 285. The zero-order valence-electron chi connectivity index (χ0n) is 6.45. The zero-order chi connectivity index (χ0) is 11.5. The molecule has 0 fully saturated rings. The summed E-state index contributed by atoms with van der Waals surface area (Å²) in [6.45, 7) is 0. The summed E-state index contributed by atoms with van der Waals surface area (Å²) in [7, 11) is 0. The Hall–Kier alpha value is -2.07. The van der Waals surface area contributed by atoms with Gasteiger partial charge in [-0.15, -0.1) is 13.2 Å².